The zero-order valence-corrected chi connectivity index (χ0v) is 18.8. The summed E-state index contributed by atoms with van der Waals surface area (Å²) < 4.78 is 17.1. The number of nitrogens with one attached hydrogen (secondary N) is 1. The van der Waals surface area contributed by atoms with E-state index in [-0.39, 0.29) is 23.6 Å². The van der Waals surface area contributed by atoms with Crippen molar-refractivity contribution in [2.45, 2.75) is 19.4 Å². The molecular formula is C23H22ClFN6O2. The van der Waals surface area contributed by atoms with Gasteiger partial charge in [-0.25, -0.2) is 14.4 Å². The zero-order chi connectivity index (χ0) is 23.5. The number of nitrogens with zero attached hydrogens (tertiary/aromatic N) is 5. The van der Waals surface area contributed by atoms with Crippen molar-refractivity contribution < 1.29 is 9.50 Å². The van der Waals surface area contributed by atoms with Gasteiger partial charge in [0.05, 0.1) is 28.1 Å². The first-order chi connectivity index (χ1) is 15.9. The fourth-order valence-electron chi connectivity index (χ4n) is 3.64. The van der Waals surface area contributed by atoms with Gasteiger partial charge in [0.15, 0.2) is 0 Å². The molecule has 0 aliphatic carbocycles. The van der Waals surface area contributed by atoms with Gasteiger partial charge in [-0.15, -0.1) is 0 Å². The van der Waals surface area contributed by atoms with Crippen molar-refractivity contribution in [1.29, 1.82) is 0 Å². The van der Waals surface area contributed by atoms with E-state index in [4.69, 9.17) is 11.6 Å². The molecular weight excluding hydrogens is 447 g/mol. The molecule has 1 atom stereocenters. The van der Waals surface area contributed by atoms with Gasteiger partial charge in [-0.2, -0.15) is 5.10 Å². The van der Waals surface area contributed by atoms with Crippen LogP contribution in [0.3, 0.4) is 0 Å². The number of benzene rings is 1. The molecule has 0 spiro atoms. The fourth-order valence-corrected chi connectivity index (χ4v) is 3.75. The third kappa shape index (κ3) is 4.94. The minimum absolute atomic E-state index is 0.00107. The second-order valence-corrected chi connectivity index (χ2v) is 7.96. The first kappa shape index (κ1) is 22.6. The normalized spacial score (nSPS) is 12.0. The van der Waals surface area contributed by atoms with Gasteiger partial charge in [-0.1, -0.05) is 17.7 Å². The molecule has 0 radical (unpaired) electrons. The van der Waals surface area contributed by atoms with Gasteiger partial charge < -0.3 is 15.0 Å². The summed E-state index contributed by atoms with van der Waals surface area (Å²) in [4.78, 5) is 21.7. The second-order valence-electron chi connectivity index (χ2n) is 7.55. The Bertz CT molecular complexity index is 1350. The lowest BCUT2D eigenvalue weighted by molar-refractivity contribution is 0.266. The Morgan fingerprint density at radius 3 is 2.73 bits per heavy atom. The molecule has 0 aliphatic rings. The molecule has 0 saturated heterocycles. The van der Waals surface area contributed by atoms with Crippen LogP contribution < -0.4 is 10.9 Å². The van der Waals surface area contributed by atoms with Gasteiger partial charge in [0.2, 0.25) is 5.95 Å². The number of hydrogen-bond acceptors (Lipinski definition) is 6. The summed E-state index contributed by atoms with van der Waals surface area (Å²) in [7, 11) is 1.83. The van der Waals surface area contributed by atoms with Gasteiger partial charge in [0.25, 0.3) is 5.56 Å². The van der Waals surface area contributed by atoms with Crippen molar-refractivity contribution in [2.75, 3.05) is 11.9 Å². The van der Waals surface area contributed by atoms with Crippen molar-refractivity contribution >= 4 is 23.2 Å². The number of aliphatic hydroxyl groups is 1. The van der Waals surface area contributed by atoms with E-state index in [1.807, 2.05) is 20.2 Å². The number of aliphatic hydroxyl groups excluding tert-OH is 1. The molecule has 170 valence electrons. The molecule has 0 unspecified atom stereocenters. The molecule has 2 N–H and O–H groups in total. The molecule has 8 nitrogen and oxygen atoms in total. The van der Waals surface area contributed by atoms with Crippen molar-refractivity contribution in [3.05, 3.63) is 87.4 Å². The lowest BCUT2D eigenvalue weighted by atomic mass is 10.0. The molecule has 0 saturated carbocycles. The number of rotatable bonds is 7. The number of pyridine rings is 1. The van der Waals surface area contributed by atoms with E-state index in [2.05, 4.69) is 20.4 Å². The molecule has 33 heavy (non-hydrogen) atoms. The second kappa shape index (κ2) is 9.51. The molecule has 0 fully saturated rings. The van der Waals surface area contributed by atoms with Crippen LogP contribution >= 0.6 is 11.6 Å². The van der Waals surface area contributed by atoms with E-state index in [1.165, 1.54) is 22.8 Å². The van der Waals surface area contributed by atoms with Crippen LogP contribution in [0.2, 0.25) is 5.02 Å². The van der Waals surface area contributed by atoms with E-state index in [0.29, 0.717) is 22.8 Å². The molecule has 3 aromatic heterocycles. The molecule has 0 amide bonds. The van der Waals surface area contributed by atoms with Crippen LogP contribution in [0.4, 0.5) is 16.0 Å². The standard InChI is InChI=1S/C23H22ClFN6O2/c1-14-20(13-30(2)29-14)28-23-26-8-5-19(27-23)15-6-9-31(22(33)12-15)21(7-10-32)16-3-4-17(24)18(25)11-16/h3-6,8-9,11-13,21,32H,7,10H2,1-2H3,(H,26,27,28)/t21-/m1/s1. The Morgan fingerprint density at radius 2 is 2.06 bits per heavy atom. The average molecular weight is 469 g/mol. The van der Waals surface area contributed by atoms with Crippen LogP contribution in [0.1, 0.15) is 23.7 Å². The van der Waals surface area contributed by atoms with Crippen molar-refractivity contribution in [2.24, 2.45) is 7.05 Å². The molecule has 0 bridgehead atoms. The van der Waals surface area contributed by atoms with Crippen molar-refractivity contribution in [1.82, 2.24) is 24.3 Å². The van der Waals surface area contributed by atoms with E-state index in [9.17, 15) is 14.3 Å². The minimum Gasteiger partial charge on any atom is -0.396 e. The Morgan fingerprint density at radius 1 is 1.24 bits per heavy atom. The Hall–Kier alpha value is -3.56. The monoisotopic (exact) mass is 468 g/mol. The Balaban J connectivity index is 1.65. The number of anilines is 2. The van der Waals surface area contributed by atoms with Crippen LogP contribution in [0.15, 0.2) is 59.8 Å². The molecule has 4 rings (SSSR count). The highest BCUT2D eigenvalue weighted by atomic mass is 35.5. The van der Waals surface area contributed by atoms with Gasteiger partial charge in [0.1, 0.15) is 5.82 Å². The Kier molecular flexibility index (Phi) is 6.52. The minimum atomic E-state index is -0.577. The summed E-state index contributed by atoms with van der Waals surface area (Å²) in [6.45, 7) is 1.71. The quantitative estimate of drug-likeness (QED) is 0.427. The highest BCUT2D eigenvalue weighted by Crippen LogP contribution is 2.26. The van der Waals surface area contributed by atoms with Crippen molar-refractivity contribution in [3.8, 4) is 11.3 Å². The highest BCUT2D eigenvalue weighted by molar-refractivity contribution is 6.30. The van der Waals surface area contributed by atoms with Crippen LogP contribution in [-0.2, 0) is 7.05 Å². The third-order valence-corrected chi connectivity index (χ3v) is 5.53. The van der Waals surface area contributed by atoms with Crippen LogP contribution in [-0.4, -0.2) is 36.0 Å². The lowest BCUT2D eigenvalue weighted by Gasteiger charge is -2.20. The molecule has 3 heterocycles. The molecule has 4 aromatic rings. The number of aryl methyl sites for hydroxylation is 2. The maximum atomic E-state index is 14.0. The van der Waals surface area contributed by atoms with Gasteiger partial charge in [-0.05, 0) is 43.2 Å². The smallest absolute Gasteiger partial charge is 0.251 e. The van der Waals surface area contributed by atoms with E-state index < -0.39 is 11.9 Å². The number of hydrogen-bond donors (Lipinski definition) is 2. The summed E-state index contributed by atoms with van der Waals surface area (Å²) in [6, 6.07) is 8.74. The summed E-state index contributed by atoms with van der Waals surface area (Å²) in [6.07, 6.45) is 5.29. The van der Waals surface area contributed by atoms with Gasteiger partial charge in [0, 0.05) is 43.9 Å². The predicted octanol–water partition coefficient (Wildman–Crippen LogP) is 3.86. The van der Waals surface area contributed by atoms with Crippen LogP contribution in [0.25, 0.3) is 11.3 Å². The summed E-state index contributed by atoms with van der Waals surface area (Å²) in [5, 5.41) is 16.9. The van der Waals surface area contributed by atoms with Gasteiger partial charge >= 0.3 is 0 Å². The fraction of sp³-hybridized carbons (Fsp3) is 0.217. The van der Waals surface area contributed by atoms with E-state index >= 15 is 0 Å². The third-order valence-electron chi connectivity index (χ3n) is 5.23. The predicted molar refractivity (Wildman–Crippen MR) is 124 cm³/mol. The lowest BCUT2D eigenvalue weighted by Crippen LogP contribution is -2.25. The topological polar surface area (TPSA) is 97.9 Å². The first-order valence-corrected chi connectivity index (χ1v) is 10.6. The maximum Gasteiger partial charge on any atom is 0.251 e. The van der Waals surface area contributed by atoms with E-state index in [0.717, 1.165) is 11.4 Å². The number of aromatic nitrogens is 5. The Labute approximate surface area is 194 Å². The molecule has 0 aliphatic heterocycles. The summed E-state index contributed by atoms with van der Waals surface area (Å²) in [5.74, 6) is -0.200. The van der Waals surface area contributed by atoms with Crippen molar-refractivity contribution in [3.63, 3.8) is 0 Å². The summed E-state index contributed by atoms with van der Waals surface area (Å²) in [5.41, 5.74) is 3.00. The molecule has 10 heteroatoms. The molecule has 1 aromatic carbocycles. The maximum absolute atomic E-state index is 14.0. The first-order valence-electron chi connectivity index (χ1n) is 10.2. The van der Waals surface area contributed by atoms with Gasteiger partial charge in [-0.3, -0.25) is 9.48 Å². The van der Waals surface area contributed by atoms with Crippen LogP contribution in [0, 0.1) is 12.7 Å². The number of halogens is 2. The van der Waals surface area contributed by atoms with Crippen LogP contribution in [0.5, 0.6) is 0 Å². The SMILES string of the molecule is Cc1nn(C)cc1Nc1nccc(-c2ccn([C@H](CCO)c3ccc(Cl)c(F)c3)c(=O)c2)n1. The highest BCUT2D eigenvalue weighted by Gasteiger charge is 2.17. The largest absolute Gasteiger partial charge is 0.396 e. The summed E-state index contributed by atoms with van der Waals surface area (Å²) >= 11 is 5.79. The van der Waals surface area contributed by atoms with E-state index in [1.54, 1.807) is 35.3 Å². The zero-order valence-electron chi connectivity index (χ0n) is 18.0. The average Bonchev–Trinajstić information content (AvgIpc) is 3.11.